The number of fused-ring (bicyclic) bond motifs is 6. The lowest BCUT2D eigenvalue weighted by atomic mass is 9.92. The Morgan fingerprint density at radius 2 is 1.93 bits per heavy atom. The molecule has 2 unspecified atom stereocenters. The van der Waals surface area contributed by atoms with Crippen molar-refractivity contribution < 1.29 is 9.53 Å². The van der Waals surface area contributed by atoms with Crippen LogP contribution in [0.1, 0.15) is 29.2 Å². The van der Waals surface area contributed by atoms with Crippen molar-refractivity contribution >= 4 is 17.3 Å². The maximum Gasteiger partial charge on any atom is 0.306 e. The van der Waals surface area contributed by atoms with E-state index in [2.05, 4.69) is 10.3 Å². The lowest BCUT2D eigenvalue weighted by molar-refractivity contribution is -0.161. The van der Waals surface area contributed by atoms with Crippen LogP contribution in [-0.4, -0.2) is 21.6 Å². The van der Waals surface area contributed by atoms with Gasteiger partial charge >= 0.3 is 5.72 Å². The normalized spacial score (nSPS) is 24.1. The molecule has 1 amide bonds. The van der Waals surface area contributed by atoms with E-state index in [0.29, 0.717) is 6.42 Å². The van der Waals surface area contributed by atoms with Gasteiger partial charge in [0.25, 0.3) is 5.91 Å². The van der Waals surface area contributed by atoms with Crippen LogP contribution in [0.5, 0.6) is 5.75 Å². The summed E-state index contributed by atoms with van der Waals surface area (Å²) >= 11 is 0. The Hall–Kier alpha value is -3.67. The van der Waals surface area contributed by atoms with Gasteiger partial charge in [0.2, 0.25) is 0 Å². The van der Waals surface area contributed by atoms with Gasteiger partial charge in [0, 0.05) is 29.9 Å². The topological polar surface area (TPSA) is 66.8 Å². The lowest BCUT2D eigenvalue weighted by Crippen LogP contribution is -2.55. The van der Waals surface area contributed by atoms with Crippen molar-refractivity contribution in [3.05, 3.63) is 89.7 Å². The minimum absolute atomic E-state index is 0.0861. The Kier molecular flexibility index (Phi) is 2.98. The summed E-state index contributed by atoms with van der Waals surface area (Å²) in [6.07, 6.45) is 4.23. The number of para-hydroxylation sites is 2. The molecule has 0 bridgehead atoms. The lowest BCUT2D eigenvalue weighted by Gasteiger charge is -2.43. The van der Waals surface area contributed by atoms with E-state index >= 15 is 0 Å². The third kappa shape index (κ3) is 1.89. The fraction of sp³-hybridized carbons (Fsp3) is 0.136. The summed E-state index contributed by atoms with van der Waals surface area (Å²) < 4.78 is 6.41. The molecule has 4 heterocycles. The molecule has 0 saturated heterocycles. The summed E-state index contributed by atoms with van der Waals surface area (Å²) in [5.74, 6) is 0.502. The number of anilines is 1. The molecule has 3 aliphatic heterocycles. The number of ether oxygens (including phenoxy) is 1. The molecule has 0 fully saturated rings. The summed E-state index contributed by atoms with van der Waals surface area (Å²) in [4.78, 5) is 17.5. The molecule has 2 atom stereocenters. The predicted octanol–water partition coefficient (Wildman–Crippen LogP) is 3.43. The highest BCUT2D eigenvalue weighted by molar-refractivity contribution is 6.07. The van der Waals surface area contributed by atoms with Crippen LogP contribution in [0.15, 0.2) is 78.2 Å². The van der Waals surface area contributed by atoms with Crippen molar-refractivity contribution in [3.63, 3.8) is 0 Å². The quantitative estimate of drug-likeness (QED) is 0.715. The summed E-state index contributed by atoms with van der Waals surface area (Å²) in [5.41, 5.74) is 3.13. The number of hydrogen-bond donors (Lipinski definition) is 1. The van der Waals surface area contributed by atoms with Gasteiger partial charge in [0.05, 0.1) is 23.0 Å². The first-order chi connectivity index (χ1) is 13.8. The molecular weight excluding hydrogens is 352 g/mol. The van der Waals surface area contributed by atoms with Gasteiger partial charge in [0.1, 0.15) is 5.75 Å². The van der Waals surface area contributed by atoms with Crippen LogP contribution in [0.2, 0.25) is 0 Å². The number of pyridine rings is 1. The molecule has 0 saturated carbocycles. The summed E-state index contributed by atoms with van der Waals surface area (Å²) in [6.45, 7) is 0. The third-order valence-corrected chi connectivity index (χ3v) is 5.61. The second kappa shape index (κ2) is 5.42. The fourth-order valence-electron chi connectivity index (χ4n) is 4.35. The van der Waals surface area contributed by atoms with Gasteiger partial charge in [-0.05, 0) is 18.2 Å². The van der Waals surface area contributed by atoms with E-state index in [1.165, 1.54) is 0 Å². The Bertz CT molecular complexity index is 1140. The fourth-order valence-corrected chi connectivity index (χ4v) is 4.35. The largest absolute Gasteiger partial charge is 0.453 e. The van der Waals surface area contributed by atoms with Crippen molar-refractivity contribution in [2.75, 3.05) is 5.32 Å². The Labute approximate surface area is 161 Å². The van der Waals surface area contributed by atoms with Gasteiger partial charge in [-0.25, -0.2) is 5.01 Å². The number of nitrogens with zero attached hydrogens (tertiary/aromatic N) is 3. The minimum atomic E-state index is -1.31. The second-order valence-electron chi connectivity index (χ2n) is 7.14. The molecule has 2 aromatic carbocycles. The van der Waals surface area contributed by atoms with Crippen molar-refractivity contribution in [1.82, 2.24) is 9.99 Å². The van der Waals surface area contributed by atoms with Crippen LogP contribution in [0.3, 0.4) is 0 Å². The molecule has 0 aliphatic carbocycles. The van der Waals surface area contributed by atoms with E-state index in [0.717, 1.165) is 33.8 Å². The van der Waals surface area contributed by atoms with Crippen LogP contribution in [0.4, 0.5) is 5.69 Å². The zero-order valence-corrected chi connectivity index (χ0v) is 14.9. The number of hydrazone groups is 1. The average molecular weight is 368 g/mol. The monoisotopic (exact) mass is 368 g/mol. The first kappa shape index (κ1) is 15.4. The number of hydrogen-bond acceptors (Lipinski definition) is 5. The number of aromatic nitrogens is 1. The molecular formula is C22H16N4O2. The van der Waals surface area contributed by atoms with Crippen LogP contribution in [0, 0.1) is 0 Å². The predicted molar refractivity (Wildman–Crippen MR) is 104 cm³/mol. The average Bonchev–Trinajstić information content (AvgIpc) is 3.30. The van der Waals surface area contributed by atoms with Crippen LogP contribution in [-0.2, 0) is 10.5 Å². The van der Waals surface area contributed by atoms with E-state index < -0.39 is 5.72 Å². The zero-order chi connectivity index (χ0) is 18.7. The number of carbonyl (C=O) groups excluding carboxylic acids is 1. The zero-order valence-electron chi connectivity index (χ0n) is 14.9. The highest BCUT2D eigenvalue weighted by Crippen LogP contribution is 2.53. The maximum atomic E-state index is 13.2. The molecule has 6 nitrogen and oxygen atoms in total. The molecule has 136 valence electrons. The Morgan fingerprint density at radius 3 is 2.82 bits per heavy atom. The van der Waals surface area contributed by atoms with Crippen LogP contribution >= 0.6 is 0 Å². The number of benzene rings is 2. The van der Waals surface area contributed by atoms with Crippen LogP contribution < -0.4 is 10.1 Å². The van der Waals surface area contributed by atoms with Gasteiger partial charge < -0.3 is 10.1 Å². The van der Waals surface area contributed by atoms with Crippen molar-refractivity contribution in [3.8, 4) is 5.75 Å². The molecule has 28 heavy (non-hydrogen) atoms. The van der Waals surface area contributed by atoms with Gasteiger partial charge in [-0.15, -0.1) is 0 Å². The van der Waals surface area contributed by atoms with E-state index in [-0.39, 0.29) is 11.9 Å². The van der Waals surface area contributed by atoms with E-state index in [4.69, 9.17) is 9.84 Å². The van der Waals surface area contributed by atoms with E-state index in [1.54, 1.807) is 12.4 Å². The summed E-state index contributed by atoms with van der Waals surface area (Å²) in [6, 6.07) is 19.3. The SMILES string of the molecule is O=C1Nc2ccccc2C12Oc1ccccc1C1CC(c3cccnc3)=NN12. The first-order valence-corrected chi connectivity index (χ1v) is 9.23. The number of carbonyl (C=O) groups is 1. The Balaban J connectivity index is 1.59. The Morgan fingerprint density at radius 1 is 1.07 bits per heavy atom. The molecule has 1 N–H and O–H groups in total. The van der Waals surface area contributed by atoms with Gasteiger partial charge in [-0.3, -0.25) is 9.78 Å². The van der Waals surface area contributed by atoms with Crippen LogP contribution in [0.25, 0.3) is 0 Å². The first-order valence-electron chi connectivity index (χ1n) is 9.23. The van der Waals surface area contributed by atoms with Crippen molar-refractivity contribution in [1.29, 1.82) is 0 Å². The number of amides is 1. The van der Waals surface area contributed by atoms with Gasteiger partial charge in [-0.2, -0.15) is 5.10 Å². The third-order valence-electron chi connectivity index (χ3n) is 5.61. The molecule has 6 heteroatoms. The highest BCUT2D eigenvalue weighted by atomic mass is 16.5. The standard InChI is InChI=1S/C22H16N4O2/c27-21-22(16-8-2-3-9-17(16)24-21)26-19(15-7-1-4-10-20(15)28-22)12-18(25-26)14-6-5-11-23-13-14/h1-11,13,19H,12H2,(H,24,27). The molecule has 0 radical (unpaired) electrons. The number of nitrogens with one attached hydrogen (secondary N) is 1. The molecule has 3 aromatic rings. The smallest absolute Gasteiger partial charge is 0.306 e. The summed E-state index contributed by atoms with van der Waals surface area (Å²) in [5, 5.41) is 9.69. The summed E-state index contributed by atoms with van der Waals surface area (Å²) in [7, 11) is 0. The minimum Gasteiger partial charge on any atom is -0.453 e. The van der Waals surface area contributed by atoms with E-state index in [9.17, 15) is 4.79 Å². The number of rotatable bonds is 1. The molecule has 1 spiro atoms. The molecule has 6 rings (SSSR count). The molecule has 3 aliphatic rings. The van der Waals surface area contributed by atoms with Gasteiger partial charge in [-0.1, -0.05) is 42.5 Å². The van der Waals surface area contributed by atoms with Crippen molar-refractivity contribution in [2.24, 2.45) is 5.10 Å². The van der Waals surface area contributed by atoms with Gasteiger partial charge in [0.15, 0.2) is 0 Å². The maximum absolute atomic E-state index is 13.2. The highest BCUT2D eigenvalue weighted by Gasteiger charge is 2.60. The van der Waals surface area contributed by atoms with E-state index in [1.807, 2.05) is 65.7 Å². The van der Waals surface area contributed by atoms with Crippen molar-refractivity contribution in [2.45, 2.75) is 18.2 Å². The molecule has 1 aromatic heterocycles. The second-order valence-corrected chi connectivity index (χ2v) is 7.14.